The lowest BCUT2D eigenvalue weighted by atomic mass is 10.1. The minimum atomic E-state index is 0.0667. The summed E-state index contributed by atoms with van der Waals surface area (Å²) in [5, 5.41) is 10.1. The Kier molecular flexibility index (Phi) is 8.15. The van der Waals surface area contributed by atoms with E-state index in [1.807, 2.05) is 54.4 Å². The molecule has 1 amide bonds. The fourth-order valence-electron chi connectivity index (χ4n) is 5.86. The van der Waals surface area contributed by atoms with E-state index in [1.165, 1.54) is 5.56 Å². The molecule has 2 aliphatic rings. The molecule has 0 radical (unpaired) electrons. The molecule has 39 heavy (non-hydrogen) atoms. The van der Waals surface area contributed by atoms with Crippen LogP contribution in [0, 0.1) is 18.3 Å². The van der Waals surface area contributed by atoms with Crippen LogP contribution >= 0.6 is 11.6 Å². The van der Waals surface area contributed by atoms with Crippen molar-refractivity contribution in [3.63, 3.8) is 0 Å². The first-order valence-corrected chi connectivity index (χ1v) is 14.2. The van der Waals surface area contributed by atoms with Crippen molar-refractivity contribution >= 4 is 28.9 Å². The van der Waals surface area contributed by atoms with Crippen molar-refractivity contribution in [2.75, 3.05) is 55.6 Å². The topological polar surface area (TPSA) is 58.8 Å². The molecule has 204 valence electrons. The Hall–Kier alpha value is -3.47. The zero-order valence-electron chi connectivity index (χ0n) is 23.1. The highest BCUT2D eigenvalue weighted by Gasteiger charge is 2.30. The fourth-order valence-corrected chi connectivity index (χ4v) is 6.12. The number of hydrogen-bond acceptors (Lipinski definition) is 5. The number of amides is 1. The second-order valence-electron chi connectivity index (χ2n) is 10.7. The standard InChI is InChI=1S/C31H37ClN6O/c1-23-21-37(27-9-6-8-25(18-27)20-33)16-17-38(23)31(39)30-19-26(24(2)34(30)3)22-35-12-7-13-36(15-14-35)29-11-5-4-10-28(29)32/h4-6,8-11,18-19,23H,7,12-17,21-22H2,1-3H3/t23-/m0/s1. The monoisotopic (exact) mass is 544 g/mol. The molecule has 0 saturated carbocycles. The van der Waals surface area contributed by atoms with E-state index in [1.54, 1.807) is 0 Å². The Morgan fingerprint density at radius 1 is 1.00 bits per heavy atom. The lowest BCUT2D eigenvalue weighted by Gasteiger charge is -2.41. The molecule has 5 rings (SSSR count). The maximum atomic E-state index is 13.7. The van der Waals surface area contributed by atoms with Crippen LogP contribution in [0.15, 0.2) is 54.6 Å². The van der Waals surface area contributed by atoms with Gasteiger partial charge in [-0.05, 0) is 62.2 Å². The molecule has 2 saturated heterocycles. The third-order valence-electron chi connectivity index (χ3n) is 8.26. The average Bonchev–Trinajstić information content (AvgIpc) is 3.09. The minimum absolute atomic E-state index is 0.0667. The molecular formula is C31H37ClN6O. The van der Waals surface area contributed by atoms with Gasteiger partial charge in [-0.1, -0.05) is 29.8 Å². The Bertz CT molecular complexity index is 1380. The van der Waals surface area contributed by atoms with Gasteiger partial charge in [-0.3, -0.25) is 9.69 Å². The van der Waals surface area contributed by atoms with E-state index in [9.17, 15) is 10.1 Å². The number of benzene rings is 2. The number of carbonyl (C=O) groups is 1. The van der Waals surface area contributed by atoms with Gasteiger partial charge >= 0.3 is 0 Å². The first-order chi connectivity index (χ1) is 18.9. The molecule has 7 nitrogen and oxygen atoms in total. The second kappa shape index (κ2) is 11.7. The summed E-state index contributed by atoms with van der Waals surface area (Å²) in [6, 6.07) is 20.2. The van der Waals surface area contributed by atoms with Crippen LogP contribution in [0.1, 0.15) is 40.7 Å². The summed E-state index contributed by atoms with van der Waals surface area (Å²) >= 11 is 6.47. The zero-order chi connectivity index (χ0) is 27.5. The van der Waals surface area contributed by atoms with E-state index in [0.717, 1.165) is 80.0 Å². The molecule has 3 aromatic rings. The zero-order valence-corrected chi connectivity index (χ0v) is 23.9. The molecule has 2 aliphatic heterocycles. The molecule has 0 N–H and O–H groups in total. The van der Waals surface area contributed by atoms with Crippen LogP contribution in [0.5, 0.6) is 0 Å². The van der Waals surface area contributed by atoms with E-state index in [0.29, 0.717) is 12.1 Å². The summed E-state index contributed by atoms with van der Waals surface area (Å²) in [6.45, 7) is 11.1. The number of nitriles is 1. The number of aromatic nitrogens is 1. The second-order valence-corrected chi connectivity index (χ2v) is 11.1. The highest BCUT2D eigenvalue weighted by molar-refractivity contribution is 6.33. The number of anilines is 2. The molecular weight excluding hydrogens is 508 g/mol. The van der Waals surface area contributed by atoms with Crippen LogP contribution in [0.4, 0.5) is 11.4 Å². The lowest BCUT2D eigenvalue weighted by molar-refractivity contribution is 0.0664. The predicted molar refractivity (Wildman–Crippen MR) is 158 cm³/mol. The maximum Gasteiger partial charge on any atom is 0.270 e. The summed E-state index contributed by atoms with van der Waals surface area (Å²) in [4.78, 5) is 22.9. The van der Waals surface area contributed by atoms with Crippen molar-refractivity contribution in [1.29, 1.82) is 5.26 Å². The van der Waals surface area contributed by atoms with Crippen LogP contribution in [0.25, 0.3) is 0 Å². The van der Waals surface area contributed by atoms with Crippen molar-refractivity contribution in [3.05, 3.63) is 82.1 Å². The quantitative estimate of drug-likeness (QED) is 0.456. The predicted octanol–water partition coefficient (Wildman–Crippen LogP) is 4.92. The average molecular weight is 545 g/mol. The number of para-hydroxylation sites is 1. The summed E-state index contributed by atoms with van der Waals surface area (Å²) < 4.78 is 2.06. The number of nitrogens with zero attached hydrogens (tertiary/aromatic N) is 6. The van der Waals surface area contributed by atoms with Gasteiger partial charge in [-0.15, -0.1) is 0 Å². The van der Waals surface area contributed by atoms with Crippen molar-refractivity contribution in [3.8, 4) is 6.07 Å². The summed E-state index contributed by atoms with van der Waals surface area (Å²) in [5.74, 6) is 0.0885. The van der Waals surface area contributed by atoms with E-state index >= 15 is 0 Å². The van der Waals surface area contributed by atoms with E-state index in [-0.39, 0.29) is 11.9 Å². The summed E-state index contributed by atoms with van der Waals surface area (Å²) in [6.07, 6.45) is 1.07. The lowest BCUT2D eigenvalue weighted by Crippen LogP contribution is -2.54. The van der Waals surface area contributed by atoms with Crippen molar-refractivity contribution in [2.45, 2.75) is 32.9 Å². The van der Waals surface area contributed by atoms with Crippen LogP contribution in [-0.2, 0) is 13.6 Å². The maximum absolute atomic E-state index is 13.7. The molecule has 0 spiro atoms. The van der Waals surface area contributed by atoms with Gasteiger partial charge < -0.3 is 19.3 Å². The Labute approximate surface area is 236 Å². The summed E-state index contributed by atoms with van der Waals surface area (Å²) in [5.41, 5.74) is 5.91. The van der Waals surface area contributed by atoms with Gasteiger partial charge in [0.25, 0.3) is 5.91 Å². The highest BCUT2D eigenvalue weighted by Crippen LogP contribution is 2.27. The van der Waals surface area contributed by atoms with Gasteiger partial charge in [-0.2, -0.15) is 5.26 Å². The van der Waals surface area contributed by atoms with Crippen LogP contribution < -0.4 is 9.80 Å². The van der Waals surface area contributed by atoms with Gasteiger partial charge in [0.2, 0.25) is 0 Å². The van der Waals surface area contributed by atoms with E-state index < -0.39 is 0 Å². The molecule has 0 bridgehead atoms. The molecule has 8 heteroatoms. The van der Waals surface area contributed by atoms with E-state index in [2.05, 4.69) is 51.3 Å². The number of halogens is 1. The molecule has 0 unspecified atom stereocenters. The molecule has 2 fully saturated rings. The van der Waals surface area contributed by atoms with Gasteiger partial charge in [-0.25, -0.2) is 0 Å². The normalized spacial score (nSPS) is 18.6. The Morgan fingerprint density at radius 2 is 1.79 bits per heavy atom. The fraction of sp³-hybridized carbons (Fsp3) is 0.419. The SMILES string of the molecule is Cc1c(CN2CCCN(c3ccccc3Cl)CC2)cc(C(=O)N2CCN(c3cccc(C#N)c3)C[C@@H]2C)n1C. The molecule has 0 aliphatic carbocycles. The number of carbonyl (C=O) groups excluding carboxylic acids is 1. The number of hydrogen-bond donors (Lipinski definition) is 0. The van der Waals surface area contributed by atoms with Crippen molar-refractivity contribution in [1.82, 2.24) is 14.4 Å². The van der Waals surface area contributed by atoms with Crippen LogP contribution in [0.3, 0.4) is 0 Å². The number of rotatable bonds is 5. The van der Waals surface area contributed by atoms with Gasteiger partial charge in [0.1, 0.15) is 5.69 Å². The largest absolute Gasteiger partial charge is 0.369 e. The van der Waals surface area contributed by atoms with Crippen LogP contribution in [0.2, 0.25) is 5.02 Å². The summed E-state index contributed by atoms with van der Waals surface area (Å²) in [7, 11) is 2.00. The molecule has 3 heterocycles. The van der Waals surface area contributed by atoms with Crippen molar-refractivity contribution < 1.29 is 4.79 Å². The first kappa shape index (κ1) is 27.1. The molecule has 1 atom stereocenters. The smallest absolute Gasteiger partial charge is 0.270 e. The van der Waals surface area contributed by atoms with Gasteiger partial charge in [0, 0.05) is 76.8 Å². The highest BCUT2D eigenvalue weighted by atomic mass is 35.5. The van der Waals surface area contributed by atoms with Crippen LogP contribution in [-0.4, -0.2) is 72.1 Å². The first-order valence-electron chi connectivity index (χ1n) is 13.8. The van der Waals surface area contributed by atoms with Gasteiger partial charge in [0.15, 0.2) is 0 Å². The molecule has 2 aromatic carbocycles. The Balaban J connectivity index is 1.24. The van der Waals surface area contributed by atoms with E-state index in [4.69, 9.17) is 11.6 Å². The molecule has 1 aromatic heterocycles. The van der Waals surface area contributed by atoms with Crippen molar-refractivity contribution in [2.24, 2.45) is 7.05 Å². The van der Waals surface area contributed by atoms with Gasteiger partial charge in [0.05, 0.1) is 22.3 Å². The minimum Gasteiger partial charge on any atom is -0.369 e. The third-order valence-corrected chi connectivity index (χ3v) is 8.58. The third kappa shape index (κ3) is 5.78. The Morgan fingerprint density at radius 3 is 2.56 bits per heavy atom. The number of piperazine rings is 1.